The minimum Gasteiger partial charge on any atom is -0.283 e. The molecule has 0 aliphatic carbocycles. The third kappa shape index (κ3) is 1.19. The van der Waals surface area contributed by atoms with Crippen molar-refractivity contribution < 1.29 is 4.79 Å². The van der Waals surface area contributed by atoms with Crippen molar-refractivity contribution in [3.05, 3.63) is 35.9 Å². The standard InChI is InChI=1S/C9H9N2O/c12-9-8(10-6-11-9)7-4-2-1-3-5-7/h1-5,8,10H,6H2. The number of hydrogen-bond donors (Lipinski definition) is 1. The van der Waals surface area contributed by atoms with E-state index in [1.807, 2.05) is 30.3 Å². The molecule has 1 radical (unpaired) electrons. The van der Waals surface area contributed by atoms with Gasteiger partial charge in [-0.25, -0.2) is 5.32 Å². The maximum absolute atomic E-state index is 11.1. The molecule has 0 saturated carbocycles. The van der Waals surface area contributed by atoms with Gasteiger partial charge in [0.15, 0.2) is 0 Å². The lowest BCUT2D eigenvalue weighted by Crippen LogP contribution is -2.17. The number of benzene rings is 1. The van der Waals surface area contributed by atoms with Crippen molar-refractivity contribution in [3.63, 3.8) is 0 Å². The highest BCUT2D eigenvalue weighted by Gasteiger charge is 2.25. The SMILES string of the molecule is O=C1[N]CNC1c1ccccc1. The van der Waals surface area contributed by atoms with E-state index in [4.69, 9.17) is 0 Å². The average molecular weight is 161 g/mol. The smallest absolute Gasteiger partial charge is 0.264 e. The monoisotopic (exact) mass is 161 g/mol. The third-order valence-electron chi connectivity index (χ3n) is 1.91. The van der Waals surface area contributed by atoms with Crippen LogP contribution in [-0.4, -0.2) is 12.6 Å². The molecule has 1 aliphatic heterocycles. The quantitative estimate of drug-likeness (QED) is 0.648. The Kier molecular flexibility index (Phi) is 1.80. The summed E-state index contributed by atoms with van der Waals surface area (Å²) >= 11 is 0. The van der Waals surface area contributed by atoms with E-state index >= 15 is 0 Å². The van der Waals surface area contributed by atoms with Gasteiger partial charge in [0.25, 0.3) is 5.91 Å². The zero-order valence-electron chi connectivity index (χ0n) is 6.53. The summed E-state index contributed by atoms with van der Waals surface area (Å²) in [6.45, 7) is 0.443. The second kappa shape index (κ2) is 2.95. The summed E-state index contributed by atoms with van der Waals surface area (Å²) in [5.41, 5.74) is 0.990. The van der Waals surface area contributed by atoms with Crippen LogP contribution >= 0.6 is 0 Å². The maximum Gasteiger partial charge on any atom is 0.264 e. The van der Waals surface area contributed by atoms with E-state index in [0.29, 0.717) is 6.67 Å². The highest BCUT2D eigenvalue weighted by molar-refractivity contribution is 5.84. The summed E-state index contributed by atoms with van der Waals surface area (Å²) in [5.74, 6) is -0.0683. The molecule has 1 unspecified atom stereocenters. The largest absolute Gasteiger partial charge is 0.283 e. The minimum absolute atomic E-state index is 0.0683. The first-order chi connectivity index (χ1) is 5.88. The lowest BCUT2D eigenvalue weighted by atomic mass is 10.1. The van der Waals surface area contributed by atoms with Crippen LogP contribution in [0.1, 0.15) is 11.6 Å². The lowest BCUT2D eigenvalue weighted by molar-refractivity contribution is -0.120. The van der Waals surface area contributed by atoms with Gasteiger partial charge in [-0.15, -0.1) is 0 Å². The second-order valence-corrected chi connectivity index (χ2v) is 2.70. The summed E-state index contributed by atoms with van der Waals surface area (Å²) in [7, 11) is 0. The van der Waals surface area contributed by atoms with Crippen LogP contribution < -0.4 is 10.6 Å². The third-order valence-corrected chi connectivity index (χ3v) is 1.91. The molecule has 0 spiro atoms. The molecule has 1 aromatic carbocycles. The van der Waals surface area contributed by atoms with E-state index in [2.05, 4.69) is 10.6 Å². The van der Waals surface area contributed by atoms with Gasteiger partial charge < -0.3 is 0 Å². The van der Waals surface area contributed by atoms with Crippen LogP contribution in [0.2, 0.25) is 0 Å². The van der Waals surface area contributed by atoms with Gasteiger partial charge in [-0.3, -0.25) is 10.1 Å². The minimum atomic E-state index is -0.216. The van der Waals surface area contributed by atoms with Gasteiger partial charge >= 0.3 is 0 Å². The highest BCUT2D eigenvalue weighted by Crippen LogP contribution is 2.15. The molecule has 1 atom stereocenters. The molecule has 2 rings (SSSR count). The summed E-state index contributed by atoms with van der Waals surface area (Å²) in [6, 6.07) is 9.41. The molecule has 1 saturated heterocycles. The Bertz CT molecular complexity index is 284. The van der Waals surface area contributed by atoms with Gasteiger partial charge in [0.1, 0.15) is 6.04 Å². The zero-order valence-corrected chi connectivity index (χ0v) is 6.53. The maximum atomic E-state index is 11.1. The van der Waals surface area contributed by atoms with Crippen molar-refractivity contribution in [2.75, 3.05) is 6.67 Å². The zero-order chi connectivity index (χ0) is 8.39. The Labute approximate surface area is 70.8 Å². The Balaban J connectivity index is 2.25. The molecular weight excluding hydrogens is 152 g/mol. The predicted molar refractivity (Wildman–Crippen MR) is 44.3 cm³/mol. The normalized spacial score (nSPS) is 22.3. The van der Waals surface area contributed by atoms with Crippen LogP contribution in [0.5, 0.6) is 0 Å². The van der Waals surface area contributed by atoms with Crippen molar-refractivity contribution in [2.24, 2.45) is 0 Å². The van der Waals surface area contributed by atoms with E-state index in [9.17, 15) is 4.79 Å². The molecule has 1 aliphatic rings. The molecule has 3 heteroatoms. The predicted octanol–water partition coefficient (Wildman–Crippen LogP) is 0.419. The van der Waals surface area contributed by atoms with Crippen molar-refractivity contribution in [2.45, 2.75) is 6.04 Å². The van der Waals surface area contributed by atoms with Crippen molar-refractivity contribution in [1.82, 2.24) is 10.6 Å². The Morgan fingerprint density at radius 2 is 2.08 bits per heavy atom. The van der Waals surface area contributed by atoms with Crippen LogP contribution in [-0.2, 0) is 4.79 Å². The van der Waals surface area contributed by atoms with E-state index in [1.165, 1.54) is 0 Å². The van der Waals surface area contributed by atoms with Crippen LogP contribution in [0.25, 0.3) is 0 Å². The number of nitrogens with zero attached hydrogens (tertiary/aromatic N) is 1. The Morgan fingerprint density at radius 3 is 2.67 bits per heavy atom. The fourth-order valence-electron chi connectivity index (χ4n) is 1.30. The Hall–Kier alpha value is -1.35. The molecule has 0 bridgehead atoms. The van der Waals surface area contributed by atoms with Crippen molar-refractivity contribution in [1.29, 1.82) is 0 Å². The molecule has 3 nitrogen and oxygen atoms in total. The second-order valence-electron chi connectivity index (χ2n) is 2.70. The average Bonchev–Trinajstić information content (AvgIpc) is 2.53. The van der Waals surface area contributed by atoms with Gasteiger partial charge in [0.2, 0.25) is 0 Å². The summed E-state index contributed by atoms with van der Waals surface area (Å²) in [5, 5.41) is 6.75. The first-order valence-corrected chi connectivity index (χ1v) is 3.87. The van der Waals surface area contributed by atoms with Crippen LogP contribution in [0.15, 0.2) is 30.3 Å². The van der Waals surface area contributed by atoms with Crippen molar-refractivity contribution >= 4 is 5.91 Å². The topological polar surface area (TPSA) is 43.2 Å². The van der Waals surface area contributed by atoms with Gasteiger partial charge in [-0.05, 0) is 5.56 Å². The van der Waals surface area contributed by atoms with Crippen LogP contribution in [0.3, 0.4) is 0 Å². The summed E-state index contributed by atoms with van der Waals surface area (Å²) < 4.78 is 0. The molecule has 1 heterocycles. The molecular formula is C9H9N2O. The molecule has 12 heavy (non-hydrogen) atoms. The summed E-state index contributed by atoms with van der Waals surface area (Å²) in [4.78, 5) is 11.1. The van der Waals surface area contributed by atoms with Crippen LogP contribution in [0.4, 0.5) is 0 Å². The highest BCUT2D eigenvalue weighted by atomic mass is 16.2. The first-order valence-electron chi connectivity index (χ1n) is 3.87. The van der Waals surface area contributed by atoms with Crippen molar-refractivity contribution in [3.8, 4) is 0 Å². The summed E-state index contributed by atoms with van der Waals surface area (Å²) in [6.07, 6.45) is 0. The van der Waals surface area contributed by atoms with Gasteiger partial charge in [0.05, 0.1) is 6.67 Å². The van der Waals surface area contributed by atoms with Gasteiger partial charge in [0, 0.05) is 0 Å². The van der Waals surface area contributed by atoms with E-state index in [-0.39, 0.29) is 11.9 Å². The molecule has 1 fully saturated rings. The van der Waals surface area contributed by atoms with Gasteiger partial charge in [-0.2, -0.15) is 0 Å². The molecule has 1 aromatic rings. The number of carbonyl (C=O) groups is 1. The van der Waals surface area contributed by atoms with E-state index in [1.54, 1.807) is 0 Å². The Morgan fingerprint density at radius 1 is 1.33 bits per heavy atom. The molecule has 1 N–H and O–H groups in total. The number of nitrogens with one attached hydrogen (secondary N) is 1. The lowest BCUT2D eigenvalue weighted by Gasteiger charge is -2.05. The van der Waals surface area contributed by atoms with E-state index < -0.39 is 0 Å². The number of amides is 1. The number of carbonyl (C=O) groups excluding carboxylic acids is 1. The van der Waals surface area contributed by atoms with Crippen LogP contribution in [0, 0.1) is 0 Å². The van der Waals surface area contributed by atoms with E-state index in [0.717, 1.165) is 5.56 Å². The number of rotatable bonds is 1. The number of hydrogen-bond acceptors (Lipinski definition) is 2. The molecule has 0 aromatic heterocycles. The fraction of sp³-hybridized carbons (Fsp3) is 0.222. The fourth-order valence-corrected chi connectivity index (χ4v) is 1.30. The van der Waals surface area contributed by atoms with Gasteiger partial charge in [-0.1, -0.05) is 30.3 Å². The first kappa shape index (κ1) is 7.31. The molecule has 61 valence electrons. The molecule has 1 amide bonds.